The molecule has 5 nitrogen and oxygen atoms in total. The van der Waals surface area contributed by atoms with Crippen LogP contribution < -0.4 is 10.6 Å². The number of nitrogens with one attached hydrogen (secondary N) is 2. The lowest BCUT2D eigenvalue weighted by Gasteiger charge is -2.33. The first kappa shape index (κ1) is 15.6. The summed E-state index contributed by atoms with van der Waals surface area (Å²) in [4.78, 5) is 23.4. The molecule has 7 heteroatoms. The molecule has 1 aliphatic carbocycles. The van der Waals surface area contributed by atoms with E-state index in [2.05, 4.69) is 10.6 Å². The summed E-state index contributed by atoms with van der Waals surface area (Å²) in [6, 6.07) is 2.93. The molecule has 1 aromatic carbocycles. The van der Waals surface area contributed by atoms with Gasteiger partial charge in [-0.2, -0.15) is 0 Å². The Morgan fingerprint density at radius 3 is 2.43 bits per heavy atom. The van der Waals surface area contributed by atoms with Gasteiger partial charge in [-0.05, 0) is 31.0 Å². The molecule has 0 bridgehead atoms. The highest BCUT2D eigenvalue weighted by atomic mass is 35.5. The van der Waals surface area contributed by atoms with Gasteiger partial charge in [-0.25, -0.2) is 14.0 Å². The van der Waals surface area contributed by atoms with Crippen molar-refractivity contribution in [2.24, 2.45) is 0 Å². The lowest BCUT2D eigenvalue weighted by molar-refractivity contribution is -0.145. The highest BCUT2D eigenvalue weighted by molar-refractivity contribution is 6.30. The van der Waals surface area contributed by atoms with Crippen molar-refractivity contribution in [2.75, 3.05) is 5.32 Å². The average molecular weight is 315 g/mol. The zero-order valence-corrected chi connectivity index (χ0v) is 12.0. The Morgan fingerprint density at radius 1 is 1.19 bits per heavy atom. The van der Waals surface area contributed by atoms with Gasteiger partial charge in [-0.3, -0.25) is 0 Å². The molecule has 1 fully saturated rings. The largest absolute Gasteiger partial charge is 0.480 e. The van der Waals surface area contributed by atoms with Crippen LogP contribution in [-0.2, 0) is 4.79 Å². The molecule has 0 saturated heterocycles. The van der Waals surface area contributed by atoms with E-state index in [-0.39, 0.29) is 10.7 Å². The minimum atomic E-state index is -1.25. The maximum atomic E-state index is 13.2. The Balaban J connectivity index is 2.07. The monoisotopic (exact) mass is 314 g/mol. The quantitative estimate of drug-likeness (QED) is 0.800. The summed E-state index contributed by atoms with van der Waals surface area (Å²) in [5.41, 5.74) is -1.08. The highest BCUT2D eigenvalue weighted by Crippen LogP contribution is 2.28. The third-order valence-electron chi connectivity index (χ3n) is 3.59. The van der Waals surface area contributed by atoms with Crippen LogP contribution >= 0.6 is 11.6 Å². The van der Waals surface area contributed by atoms with Crippen molar-refractivity contribution in [1.29, 1.82) is 0 Å². The maximum absolute atomic E-state index is 13.2. The first-order valence-corrected chi connectivity index (χ1v) is 7.08. The lowest BCUT2D eigenvalue weighted by atomic mass is 9.82. The van der Waals surface area contributed by atoms with Crippen molar-refractivity contribution < 1.29 is 19.1 Å². The number of hydrogen-bond donors (Lipinski definition) is 3. The Kier molecular flexibility index (Phi) is 4.67. The van der Waals surface area contributed by atoms with Gasteiger partial charge in [-0.1, -0.05) is 30.9 Å². The third-order valence-corrected chi connectivity index (χ3v) is 3.81. The summed E-state index contributed by atoms with van der Waals surface area (Å²) < 4.78 is 13.2. The van der Waals surface area contributed by atoms with Crippen LogP contribution in [-0.4, -0.2) is 22.6 Å². The van der Waals surface area contributed by atoms with Gasteiger partial charge < -0.3 is 15.7 Å². The van der Waals surface area contributed by atoms with Crippen LogP contribution in [0, 0.1) is 5.82 Å². The summed E-state index contributed by atoms with van der Waals surface area (Å²) in [5, 5.41) is 14.4. The van der Waals surface area contributed by atoms with E-state index in [9.17, 15) is 19.1 Å². The molecule has 0 spiro atoms. The number of benzene rings is 1. The molecular formula is C14H16ClFN2O3. The van der Waals surface area contributed by atoms with Gasteiger partial charge in [-0.15, -0.1) is 0 Å². The maximum Gasteiger partial charge on any atom is 0.329 e. The number of carboxylic acid groups (broad SMARTS) is 1. The smallest absolute Gasteiger partial charge is 0.329 e. The molecule has 3 N–H and O–H groups in total. The molecule has 1 aliphatic rings. The Morgan fingerprint density at radius 2 is 1.86 bits per heavy atom. The Hall–Kier alpha value is -1.82. The van der Waals surface area contributed by atoms with Crippen molar-refractivity contribution >= 4 is 29.3 Å². The molecule has 1 aromatic rings. The van der Waals surface area contributed by atoms with Crippen LogP contribution in [0.15, 0.2) is 18.2 Å². The van der Waals surface area contributed by atoms with E-state index in [4.69, 9.17) is 11.6 Å². The van der Waals surface area contributed by atoms with Crippen LogP contribution in [0.4, 0.5) is 14.9 Å². The van der Waals surface area contributed by atoms with Gasteiger partial charge in [0.25, 0.3) is 0 Å². The number of anilines is 1. The topological polar surface area (TPSA) is 78.4 Å². The van der Waals surface area contributed by atoms with Gasteiger partial charge in [0.05, 0.1) is 0 Å². The first-order chi connectivity index (χ1) is 9.91. The van der Waals surface area contributed by atoms with Gasteiger partial charge in [0.15, 0.2) is 0 Å². The molecule has 2 amide bonds. The number of amides is 2. The van der Waals surface area contributed by atoms with Gasteiger partial charge >= 0.3 is 12.0 Å². The number of halogens is 2. The van der Waals surface area contributed by atoms with Crippen molar-refractivity contribution in [3.05, 3.63) is 29.0 Å². The molecule has 1 saturated carbocycles. The van der Waals surface area contributed by atoms with Crippen LogP contribution in [0.5, 0.6) is 0 Å². The summed E-state index contributed by atoms with van der Waals surface area (Å²) in [5.74, 6) is -1.63. The molecule has 2 rings (SSSR count). The number of carbonyl (C=O) groups is 2. The van der Waals surface area contributed by atoms with Crippen molar-refractivity contribution in [2.45, 2.75) is 37.6 Å². The van der Waals surface area contributed by atoms with Crippen LogP contribution in [0.25, 0.3) is 0 Å². The number of hydrogen-bond acceptors (Lipinski definition) is 2. The van der Waals surface area contributed by atoms with Crippen LogP contribution in [0.2, 0.25) is 5.02 Å². The first-order valence-electron chi connectivity index (χ1n) is 6.70. The van der Waals surface area contributed by atoms with Gasteiger partial charge in [0.1, 0.15) is 11.4 Å². The number of urea groups is 1. The van der Waals surface area contributed by atoms with E-state index in [1.165, 1.54) is 6.07 Å². The molecule has 0 heterocycles. The summed E-state index contributed by atoms with van der Waals surface area (Å²) in [7, 11) is 0. The zero-order chi connectivity index (χ0) is 15.5. The summed E-state index contributed by atoms with van der Waals surface area (Å²) >= 11 is 5.70. The number of rotatable bonds is 3. The molecule has 0 unspecified atom stereocenters. The normalized spacial score (nSPS) is 17.0. The van der Waals surface area contributed by atoms with Crippen molar-refractivity contribution in [3.63, 3.8) is 0 Å². The second-order valence-electron chi connectivity index (χ2n) is 5.19. The van der Waals surface area contributed by atoms with Crippen molar-refractivity contribution in [1.82, 2.24) is 5.32 Å². The zero-order valence-electron chi connectivity index (χ0n) is 11.3. The molecule has 114 valence electrons. The Bertz CT molecular complexity index is 539. The van der Waals surface area contributed by atoms with Crippen molar-refractivity contribution in [3.8, 4) is 0 Å². The summed E-state index contributed by atoms with van der Waals surface area (Å²) in [6.07, 6.45) is 3.23. The van der Waals surface area contributed by atoms with Crippen LogP contribution in [0.3, 0.4) is 0 Å². The van der Waals surface area contributed by atoms with E-state index in [0.29, 0.717) is 12.8 Å². The second kappa shape index (κ2) is 6.30. The van der Waals surface area contributed by atoms with Gasteiger partial charge in [0.2, 0.25) is 0 Å². The van der Waals surface area contributed by atoms with Gasteiger partial charge in [0, 0.05) is 10.7 Å². The fraction of sp³-hybridized carbons (Fsp3) is 0.429. The highest BCUT2D eigenvalue weighted by Gasteiger charge is 2.41. The number of carbonyl (C=O) groups excluding carboxylic acids is 1. The fourth-order valence-electron chi connectivity index (χ4n) is 2.55. The van der Waals surface area contributed by atoms with E-state index in [1.807, 2.05) is 0 Å². The SMILES string of the molecule is O=C(Nc1cc(F)cc(Cl)c1)NC1(C(=O)O)CCCCC1. The molecule has 0 radical (unpaired) electrons. The minimum absolute atomic E-state index is 0.149. The predicted octanol–water partition coefficient (Wildman–Crippen LogP) is 3.39. The van der Waals surface area contributed by atoms with Crippen LogP contribution in [0.1, 0.15) is 32.1 Å². The Labute approximate surface area is 126 Å². The molecule has 21 heavy (non-hydrogen) atoms. The van der Waals surface area contributed by atoms with E-state index in [1.54, 1.807) is 0 Å². The minimum Gasteiger partial charge on any atom is -0.480 e. The molecule has 0 aromatic heterocycles. The lowest BCUT2D eigenvalue weighted by Crippen LogP contribution is -2.56. The predicted molar refractivity (Wildman–Crippen MR) is 77.0 cm³/mol. The van der Waals surface area contributed by atoms with E-state index in [0.717, 1.165) is 31.4 Å². The third kappa shape index (κ3) is 3.85. The van der Waals surface area contributed by atoms with E-state index >= 15 is 0 Å². The number of aliphatic carboxylic acids is 1. The summed E-state index contributed by atoms with van der Waals surface area (Å²) in [6.45, 7) is 0. The number of carboxylic acids is 1. The molecule has 0 atom stereocenters. The average Bonchev–Trinajstić information content (AvgIpc) is 2.37. The standard InChI is InChI=1S/C14H16ClFN2O3/c15-9-6-10(16)8-11(7-9)17-13(21)18-14(12(19)20)4-2-1-3-5-14/h6-8H,1-5H2,(H,19,20)(H2,17,18,21). The molecule has 0 aliphatic heterocycles. The molecular weight excluding hydrogens is 299 g/mol. The fourth-order valence-corrected chi connectivity index (χ4v) is 2.78. The van der Waals surface area contributed by atoms with E-state index < -0.39 is 23.4 Å². The second-order valence-corrected chi connectivity index (χ2v) is 5.62.